The van der Waals surface area contributed by atoms with Gasteiger partial charge in [0.2, 0.25) is 0 Å². The summed E-state index contributed by atoms with van der Waals surface area (Å²) in [4.78, 5) is 9.83. The second kappa shape index (κ2) is 3.91. The van der Waals surface area contributed by atoms with Crippen LogP contribution in [0.3, 0.4) is 0 Å². The van der Waals surface area contributed by atoms with Crippen LogP contribution in [-0.4, -0.2) is 23.5 Å². The van der Waals surface area contributed by atoms with Gasteiger partial charge in [-0.3, -0.25) is 0 Å². The van der Waals surface area contributed by atoms with Gasteiger partial charge in [-0.05, 0) is 4.92 Å². The van der Waals surface area contributed by atoms with Crippen LogP contribution in [0.15, 0.2) is 12.4 Å². The maximum absolute atomic E-state index is 10.5. The van der Waals surface area contributed by atoms with Gasteiger partial charge in [-0.25, -0.2) is 0 Å². The van der Waals surface area contributed by atoms with Gasteiger partial charge in [-0.15, -0.1) is 0 Å². The highest BCUT2D eigenvalue weighted by Crippen LogP contribution is 2.21. The second-order valence-corrected chi connectivity index (χ2v) is 3.62. The summed E-state index contributed by atoms with van der Waals surface area (Å²) in [5, 5.41) is 14.2. The van der Waals surface area contributed by atoms with Crippen LogP contribution in [0.1, 0.15) is 5.69 Å². The van der Waals surface area contributed by atoms with Gasteiger partial charge in [0.1, 0.15) is 6.54 Å². The Hall–Kier alpha value is -1.54. The topological polar surface area (TPSA) is 86.7 Å². The Morgan fingerprint density at radius 3 is 3.00 bits per heavy atom. The fraction of sp³-hybridized carbons (Fsp3) is 0.167. The fourth-order valence-electron chi connectivity index (χ4n) is 1.01. The molecular formula is C6H4ClN5O2S. The zero-order chi connectivity index (χ0) is 10.8. The van der Waals surface area contributed by atoms with Crippen LogP contribution in [-0.2, 0) is 6.54 Å². The first-order chi connectivity index (χ1) is 7.16. The summed E-state index contributed by atoms with van der Waals surface area (Å²) in [5.41, 5.74) is 0.689. The average molecular weight is 246 g/mol. The summed E-state index contributed by atoms with van der Waals surface area (Å²) in [6.45, 7) is 0.323. The van der Waals surface area contributed by atoms with E-state index < -0.39 is 4.92 Å². The molecule has 0 radical (unpaired) electrons. The largest absolute Gasteiger partial charge is 0.408 e. The molecule has 0 saturated heterocycles. The first kappa shape index (κ1) is 9.99. The van der Waals surface area contributed by atoms with Crippen LogP contribution in [0.25, 0.3) is 0 Å². The lowest BCUT2D eigenvalue weighted by molar-refractivity contribution is -0.389. The number of nitro groups is 1. The van der Waals surface area contributed by atoms with Crippen LogP contribution < -0.4 is 0 Å². The van der Waals surface area contributed by atoms with Crippen molar-refractivity contribution < 1.29 is 4.92 Å². The molecule has 0 spiro atoms. The Balaban J connectivity index is 2.23. The molecule has 2 aromatic heterocycles. The Labute approximate surface area is 92.8 Å². The minimum atomic E-state index is -0.627. The smallest absolute Gasteiger partial charge is 0.358 e. The molecule has 0 amide bonds. The van der Waals surface area contributed by atoms with E-state index in [0.29, 0.717) is 12.2 Å². The number of aromatic nitrogens is 4. The zero-order valence-electron chi connectivity index (χ0n) is 7.20. The van der Waals surface area contributed by atoms with Crippen molar-refractivity contribution in [2.45, 2.75) is 6.54 Å². The number of hydrogen-bond donors (Lipinski definition) is 0. The highest BCUT2D eigenvalue weighted by Gasteiger charge is 2.19. The summed E-state index contributed by atoms with van der Waals surface area (Å²) < 4.78 is 9.12. The highest BCUT2D eigenvalue weighted by atomic mass is 35.5. The van der Waals surface area contributed by atoms with Crippen molar-refractivity contribution >= 4 is 29.1 Å². The van der Waals surface area contributed by atoms with Crippen molar-refractivity contribution in [2.75, 3.05) is 0 Å². The van der Waals surface area contributed by atoms with Gasteiger partial charge >= 0.3 is 5.82 Å². The van der Waals surface area contributed by atoms with Gasteiger partial charge in [0, 0.05) is 0 Å². The van der Waals surface area contributed by atoms with Crippen LogP contribution in [0.5, 0.6) is 0 Å². The molecule has 0 atom stereocenters. The normalized spacial score (nSPS) is 10.5. The maximum Gasteiger partial charge on any atom is 0.408 e. The molecule has 7 nitrogen and oxygen atoms in total. The van der Waals surface area contributed by atoms with Gasteiger partial charge in [0.15, 0.2) is 5.02 Å². The molecule has 0 saturated carbocycles. The molecule has 2 aromatic rings. The molecule has 9 heteroatoms. The van der Waals surface area contributed by atoms with E-state index in [1.165, 1.54) is 10.9 Å². The van der Waals surface area contributed by atoms with E-state index >= 15 is 0 Å². The van der Waals surface area contributed by atoms with E-state index in [9.17, 15) is 10.1 Å². The van der Waals surface area contributed by atoms with Crippen LogP contribution in [0, 0.1) is 10.1 Å². The maximum atomic E-state index is 10.5. The SMILES string of the molecule is O=[N+]([O-])c1nn(Cc2cnsn2)cc1Cl. The molecule has 0 fully saturated rings. The first-order valence-electron chi connectivity index (χ1n) is 3.80. The van der Waals surface area contributed by atoms with E-state index in [-0.39, 0.29) is 10.8 Å². The lowest BCUT2D eigenvalue weighted by Crippen LogP contribution is -2.01. The number of halogens is 1. The highest BCUT2D eigenvalue weighted by molar-refractivity contribution is 6.99. The Kier molecular flexibility index (Phi) is 2.60. The van der Waals surface area contributed by atoms with Gasteiger partial charge in [-0.2, -0.15) is 13.4 Å². The van der Waals surface area contributed by atoms with E-state index in [1.54, 1.807) is 6.20 Å². The molecule has 0 bridgehead atoms. The van der Waals surface area contributed by atoms with Crippen LogP contribution in [0.4, 0.5) is 5.82 Å². The van der Waals surface area contributed by atoms with Gasteiger partial charge in [-0.1, -0.05) is 11.6 Å². The molecule has 0 aliphatic rings. The summed E-state index contributed by atoms with van der Waals surface area (Å²) in [6.07, 6.45) is 2.96. The standard InChI is InChI=1S/C6H4ClN5O2S/c7-5-3-11(9-6(5)12(13)14)2-4-1-8-15-10-4/h1,3H,2H2. The quantitative estimate of drug-likeness (QED) is 0.602. The van der Waals surface area contributed by atoms with E-state index in [0.717, 1.165) is 11.7 Å². The summed E-state index contributed by atoms with van der Waals surface area (Å²) >= 11 is 6.69. The molecular weight excluding hydrogens is 242 g/mol. The molecule has 0 unspecified atom stereocenters. The lowest BCUT2D eigenvalue weighted by atomic mass is 10.5. The van der Waals surface area contributed by atoms with Crippen LogP contribution >= 0.6 is 23.3 Å². The van der Waals surface area contributed by atoms with Gasteiger partial charge in [0.05, 0.1) is 34.9 Å². The molecule has 0 aromatic carbocycles. The predicted octanol–water partition coefficient (Wildman–Crippen LogP) is 1.34. The molecule has 0 aliphatic heterocycles. The third-order valence-corrected chi connectivity index (χ3v) is 2.39. The van der Waals surface area contributed by atoms with Gasteiger partial charge in [0.25, 0.3) is 0 Å². The number of nitrogens with zero attached hydrogens (tertiary/aromatic N) is 5. The fourth-order valence-corrected chi connectivity index (χ4v) is 1.66. The third kappa shape index (κ3) is 2.10. The molecule has 78 valence electrons. The monoisotopic (exact) mass is 245 g/mol. The predicted molar refractivity (Wildman–Crippen MR) is 52.9 cm³/mol. The summed E-state index contributed by atoms with van der Waals surface area (Å²) in [6, 6.07) is 0. The Morgan fingerprint density at radius 2 is 2.47 bits per heavy atom. The molecule has 0 N–H and O–H groups in total. The number of rotatable bonds is 3. The third-order valence-electron chi connectivity index (χ3n) is 1.60. The second-order valence-electron chi connectivity index (χ2n) is 2.65. The minimum absolute atomic E-state index is 0.0168. The summed E-state index contributed by atoms with van der Waals surface area (Å²) in [5.74, 6) is -0.347. The Morgan fingerprint density at radius 1 is 1.67 bits per heavy atom. The number of hydrogen-bond acceptors (Lipinski definition) is 6. The minimum Gasteiger partial charge on any atom is -0.358 e. The molecule has 15 heavy (non-hydrogen) atoms. The first-order valence-corrected chi connectivity index (χ1v) is 4.91. The zero-order valence-corrected chi connectivity index (χ0v) is 8.77. The van der Waals surface area contributed by atoms with Crippen LogP contribution in [0.2, 0.25) is 5.02 Å². The van der Waals surface area contributed by atoms with E-state index in [4.69, 9.17) is 11.6 Å². The average Bonchev–Trinajstić information content (AvgIpc) is 2.75. The Bertz CT molecular complexity index is 482. The van der Waals surface area contributed by atoms with Crippen molar-refractivity contribution in [1.82, 2.24) is 18.5 Å². The molecule has 2 rings (SSSR count). The van der Waals surface area contributed by atoms with E-state index in [1.807, 2.05) is 0 Å². The molecule has 2 heterocycles. The van der Waals surface area contributed by atoms with Crippen molar-refractivity contribution in [1.29, 1.82) is 0 Å². The van der Waals surface area contributed by atoms with Crippen molar-refractivity contribution in [3.8, 4) is 0 Å². The molecule has 0 aliphatic carbocycles. The summed E-state index contributed by atoms with van der Waals surface area (Å²) in [7, 11) is 0. The van der Waals surface area contributed by atoms with Gasteiger partial charge < -0.3 is 10.1 Å². The van der Waals surface area contributed by atoms with E-state index in [2.05, 4.69) is 13.8 Å². The van der Waals surface area contributed by atoms with Crippen molar-refractivity contribution in [2.24, 2.45) is 0 Å². The lowest BCUT2D eigenvalue weighted by Gasteiger charge is -1.89. The van der Waals surface area contributed by atoms with Crippen molar-refractivity contribution in [3.05, 3.63) is 33.2 Å². The van der Waals surface area contributed by atoms with Crippen molar-refractivity contribution in [3.63, 3.8) is 0 Å².